The summed E-state index contributed by atoms with van der Waals surface area (Å²) in [5.41, 5.74) is 1.11. The molecule has 1 aliphatic rings. The summed E-state index contributed by atoms with van der Waals surface area (Å²) in [5, 5.41) is 7.37. The number of anilines is 1. The number of hydrogen-bond acceptors (Lipinski definition) is 2. The van der Waals surface area contributed by atoms with Crippen molar-refractivity contribution in [1.29, 1.82) is 0 Å². The van der Waals surface area contributed by atoms with E-state index in [1.54, 1.807) is 0 Å². The molecule has 80 valence electrons. The SMILES string of the molecule is CC1NC(=S)N(c2ccccc2)C(C)N1. The van der Waals surface area contributed by atoms with Gasteiger partial charge in [-0.1, -0.05) is 18.2 Å². The molecule has 2 N–H and O–H groups in total. The third kappa shape index (κ3) is 2.11. The highest BCUT2D eigenvalue weighted by atomic mass is 32.1. The predicted molar refractivity (Wildman–Crippen MR) is 66.7 cm³/mol. The third-order valence-electron chi connectivity index (χ3n) is 2.47. The van der Waals surface area contributed by atoms with Gasteiger partial charge in [0, 0.05) is 5.69 Å². The van der Waals surface area contributed by atoms with E-state index in [9.17, 15) is 0 Å². The van der Waals surface area contributed by atoms with E-state index in [4.69, 9.17) is 12.2 Å². The molecule has 0 amide bonds. The zero-order valence-corrected chi connectivity index (χ0v) is 9.71. The molecule has 2 unspecified atom stereocenters. The van der Waals surface area contributed by atoms with Crippen LogP contribution in [0, 0.1) is 0 Å². The van der Waals surface area contributed by atoms with Gasteiger partial charge in [0.05, 0.1) is 12.3 Å². The monoisotopic (exact) mass is 221 g/mol. The minimum atomic E-state index is 0.219. The molecule has 0 spiro atoms. The topological polar surface area (TPSA) is 27.3 Å². The van der Waals surface area contributed by atoms with Crippen molar-refractivity contribution in [2.75, 3.05) is 4.90 Å². The van der Waals surface area contributed by atoms with Crippen LogP contribution in [-0.4, -0.2) is 17.4 Å². The van der Waals surface area contributed by atoms with Crippen LogP contribution in [0.4, 0.5) is 5.69 Å². The fourth-order valence-corrected chi connectivity index (χ4v) is 2.28. The van der Waals surface area contributed by atoms with Gasteiger partial charge in [0.25, 0.3) is 0 Å². The highest BCUT2D eigenvalue weighted by Crippen LogP contribution is 2.17. The Balaban J connectivity index is 2.25. The van der Waals surface area contributed by atoms with Gasteiger partial charge < -0.3 is 10.2 Å². The summed E-state index contributed by atoms with van der Waals surface area (Å²) in [6, 6.07) is 10.2. The Labute approximate surface area is 95.5 Å². The van der Waals surface area contributed by atoms with Gasteiger partial charge in [0.15, 0.2) is 5.11 Å². The zero-order chi connectivity index (χ0) is 10.8. The number of benzene rings is 1. The molecule has 0 aliphatic carbocycles. The minimum Gasteiger partial charge on any atom is -0.347 e. The summed E-state index contributed by atoms with van der Waals surface area (Å²) in [6.45, 7) is 4.17. The van der Waals surface area contributed by atoms with Crippen LogP contribution in [0.1, 0.15) is 13.8 Å². The van der Waals surface area contributed by atoms with Crippen LogP contribution in [0.5, 0.6) is 0 Å². The summed E-state index contributed by atoms with van der Waals surface area (Å²) in [7, 11) is 0. The van der Waals surface area contributed by atoms with Gasteiger partial charge in [-0.2, -0.15) is 0 Å². The van der Waals surface area contributed by atoms with E-state index in [1.165, 1.54) is 0 Å². The molecule has 0 radical (unpaired) electrons. The number of hydrogen-bond donors (Lipinski definition) is 2. The quantitative estimate of drug-likeness (QED) is 0.705. The molecule has 1 aromatic carbocycles. The average Bonchev–Trinajstić information content (AvgIpc) is 2.17. The van der Waals surface area contributed by atoms with Crippen molar-refractivity contribution in [2.45, 2.75) is 26.2 Å². The highest BCUT2D eigenvalue weighted by molar-refractivity contribution is 7.80. The first-order chi connectivity index (χ1) is 7.18. The molecule has 3 nitrogen and oxygen atoms in total. The Bertz CT molecular complexity index is 352. The van der Waals surface area contributed by atoms with Gasteiger partial charge in [-0.15, -0.1) is 0 Å². The largest absolute Gasteiger partial charge is 0.347 e. The lowest BCUT2D eigenvalue weighted by Gasteiger charge is -2.40. The van der Waals surface area contributed by atoms with Crippen molar-refractivity contribution in [3.05, 3.63) is 30.3 Å². The maximum absolute atomic E-state index is 5.34. The van der Waals surface area contributed by atoms with E-state index < -0.39 is 0 Å². The lowest BCUT2D eigenvalue weighted by molar-refractivity contribution is 0.422. The first kappa shape index (κ1) is 10.4. The van der Waals surface area contributed by atoms with Gasteiger partial charge in [0.2, 0.25) is 0 Å². The maximum Gasteiger partial charge on any atom is 0.176 e. The van der Waals surface area contributed by atoms with E-state index in [1.807, 2.05) is 18.2 Å². The highest BCUT2D eigenvalue weighted by Gasteiger charge is 2.25. The van der Waals surface area contributed by atoms with Crippen molar-refractivity contribution in [1.82, 2.24) is 10.6 Å². The third-order valence-corrected chi connectivity index (χ3v) is 2.79. The predicted octanol–water partition coefficient (Wildman–Crippen LogP) is 1.66. The van der Waals surface area contributed by atoms with E-state index in [2.05, 4.69) is 41.5 Å². The summed E-state index contributed by atoms with van der Waals surface area (Å²) >= 11 is 5.34. The van der Waals surface area contributed by atoms with E-state index in [0.29, 0.717) is 0 Å². The second-order valence-electron chi connectivity index (χ2n) is 3.72. The molecule has 0 aromatic heterocycles. The van der Waals surface area contributed by atoms with E-state index in [0.717, 1.165) is 10.8 Å². The van der Waals surface area contributed by atoms with Crippen molar-refractivity contribution in [2.24, 2.45) is 0 Å². The number of para-hydroxylation sites is 1. The summed E-state index contributed by atoms with van der Waals surface area (Å²) in [6.07, 6.45) is 0.448. The normalized spacial score (nSPS) is 26.3. The van der Waals surface area contributed by atoms with Crippen LogP contribution in [0.25, 0.3) is 0 Å². The van der Waals surface area contributed by atoms with Crippen molar-refractivity contribution in [3.63, 3.8) is 0 Å². The Kier molecular flexibility index (Phi) is 2.88. The van der Waals surface area contributed by atoms with Gasteiger partial charge in [-0.3, -0.25) is 5.32 Å². The Hall–Kier alpha value is -1.13. The molecule has 1 saturated heterocycles. The molecular weight excluding hydrogens is 206 g/mol. The molecule has 4 heteroatoms. The van der Waals surface area contributed by atoms with E-state index >= 15 is 0 Å². The lowest BCUT2D eigenvalue weighted by Crippen LogP contribution is -2.64. The van der Waals surface area contributed by atoms with Crippen LogP contribution in [-0.2, 0) is 0 Å². The number of thiocarbonyl (C=S) groups is 1. The van der Waals surface area contributed by atoms with Crippen LogP contribution in [0.15, 0.2) is 30.3 Å². The second-order valence-corrected chi connectivity index (χ2v) is 4.11. The van der Waals surface area contributed by atoms with Gasteiger partial charge >= 0.3 is 0 Å². The molecule has 15 heavy (non-hydrogen) atoms. The fourth-order valence-electron chi connectivity index (χ4n) is 1.84. The standard InChI is InChI=1S/C11H15N3S/c1-8-12-9(2)14(11(15)13-8)10-6-4-3-5-7-10/h3-9,12H,1-2H3,(H,13,15). The summed E-state index contributed by atoms with van der Waals surface area (Å²) in [4.78, 5) is 2.08. The molecule has 1 aromatic rings. The number of nitrogens with one attached hydrogen (secondary N) is 2. The first-order valence-corrected chi connectivity index (χ1v) is 5.50. The Morgan fingerprint density at radius 3 is 2.47 bits per heavy atom. The fraction of sp³-hybridized carbons (Fsp3) is 0.364. The second kappa shape index (κ2) is 4.16. The summed E-state index contributed by atoms with van der Waals surface area (Å²) in [5.74, 6) is 0. The molecule has 1 heterocycles. The van der Waals surface area contributed by atoms with Crippen LogP contribution in [0.2, 0.25) is 0 Å². The van der Waals surface area contributed by atoms with E-state index in [-0.39, 0.29) is 12.3 Å². The molecule has 1 aliphatic heterocycles. The Morgan fingerprint density at radius 1 is 1.20 bits per heavy atom. The Morgan fingerprint density at radius 2 is 1.87 bits per heavy atom. The number of rotatable bonds is 1. The minimum absolute atomic E-state index is 0.219. The molecule has 0 saturated carbocycles. The van der Waals surface area contributed by atoms with Crippen LogP contribution >= 0.6 is 12.2 Å². The first-order valence-electron chi connectivity index (χ1n) is 5.09. The van der Waals surface area contributed by atoms with Gasteiger partial charge in [-0.25, -0.2) is 0 Å². The smallest absolute Gasteiger partial charge is 0.176 e. The molecule has 2 rings (SSSR count). The number of nitrogens with zero attached hydrogens (tertiary/aromatic N) is 1. The maximum atomic E-state index is 5.34. The molecular formula is C11H15N3S. The molecule has 0 bridgehead atoms. The zero-order valence-electron chi connectivity index (χ0n) is 8.90. The van der Waals surface area contributed by atoms with Gasteiger partial charge in [0.1, 0.15) is 0 Å². The van der Waals surface area contributed by atoms with Crippen LogP contribution < -0.4 is 15.5 Å². The van der Waals surface area contributed by atoms with Gasteiger partial charge in [-0.05, 0) is 38.2 Å². The van der Waals surface area contributed by atoms with Crippen LogP contribution in [0.3, 0.4) is 0 Å². The van der Waals surface area contributed by atoms with Crippen molar-refractivity contribution >= 4 is 23.0 Å². The lowest BCUT2D eigenvalue weighted by atomic mass is 10.2. The average molecular weight is 221 g/mol. The molecule has 2 atom stereocenters. The van der Waals surface area contributed by atoms with Crippen molar-refractivity contribution < 1.29 is 0 Å². The van der Waals surface area contributed by atoms with Crippen molar-refractivity contribution in [3.8, 4) is 0 Å². The molecule has 1 fully saturated rings. The summed E-state index contributed by atoms with van der Waals surface area (Å²) < 4.78 is 0.